The average molecular weight is 415 g/mol. The second-order valence-corrected chi connectivity index (χ2v) is 10.4. The van der Waals surface area contributed by atoms with Crippen molar-refractivity contribution in [3.8, 4) is 5.75 Å². The lowest BCUT2D eigenvalue weighted by Crippen LogP contribution is -2.41. The first kappa shape index (κ1) is 20.4. The number of benzene rings is 1. The molecule has 2 rings (SSSR count). The van der Waals surface area contributed by atoms with Crippen molar-refractivity contribution < 1.29 is 34.2 Å². The quantitative estimate of drug-likeness (QED) is 0.534. The van der Waals surface area contributed by atoms with Crippen LogP contribution in [0.15, 0.2) is 18.2 Å². The van der Waals surface area contributed by atoms with Crippen LogP contribution in [0.3, 0.4) is 0 Å². The molecule has 0 unspecified atom stereocenters. The van der Waals surface area contributed by atoms with E-state index < -0.39 is 49.4 Å². The molecule has 0 aliphatic carbocycles. The summed E-state index contributed by atoms with van der Waals surface area (Å²) in [5.41, 5.74) is -0.991. The molecule has 1 aromatic rings. The number of halogens is 2. The summed E-state index contributed by atoms with van der Waals surface area (Å²) in [5, 5.41) is 0. The number of hydrogen-bond acceptors (Lipinski definition) is 7. The van der Waals surface area contributed by atoms with E-state index in [0.29, 0.717) is 0 Å². The largest absolute Gasteiger partial charge is 0.494 e. The van der Waals surface area contributed by atoms with Crippen molar-refractivity contribution in [2.24, 2.45) is 0 Å². The van der Waals surface area contributed by atoms with Gasteiger partial charge >= 0.3 is 17.6 Å². The van der Waals surface area contributed by atoms with Crippen molar-refractivity contribution in [1.82, 2.24) is 0 Å². The summed E-state index contributed by atoms with van der Waals surface area (Å²) < 4.78 is 72.8. The lowest BCUT2D eigenvalue weighted by atomic mass is 9.78. The predicted octanol–water partition coefficient (Wildman–Crippen LogP) is 1.65. The van der Waals surface area contributed by atoms with Crippen molar-refractivity contribution in [2.45, 2.75) is 44.6 Å². The molecule has 7 nitrogen and oxygen atoms in total. The third-order valence-electron chi connectivity index (χ3n) is 4.05. The van der Waals surface area contributed by atoms with Gasteiger partial charge in [-0.2, -0.15) is 8.42 Å². The van der Waals surface area contributed by atoms with Crippen LogP contribution in [0.4, 0.5) is 3.89 Å². The van der Waals surface area contributed by atoms with E-state index >= 15 is 0 Å². The van der Waals surface area contributed by atoms with Crippen LogP contribution >= 0.6 is 10.7 Å². The molecule has 0 aromatic heterocycles. The highest BCUT2D eigenvalue weighted by Gasteiger charge is 2.51. The Labute approximate surface area is 151 Å². The lowest BCUT2D eigenvalue weighted by Gasteiger charge is -2.32. The average Bonchev–Trinajstić information content (AvgIpc) is 2.53. The number of hydrogen-bond donors (Lipinski definition) is 0. The molecule has 1 aliphatic rings. The molecule has 140 valence electrons. The molecule has 1 saturated heterocycles. The fraction of sp³-hybridized carbons (Fsp3) is 0.538. The van der Waals surface area contributed by atoms with Gasteiger partial charge in [0.2, 0.25) is 9.05 Å². The minimum atomic E-state index is -5.29. The molecule has 1 aliphatic heterocycles. The van der Waals surface area contributed by atoms with Crippen LogP contribution in [0.5, 0.6) is 5.75 Å². The Morgan fingerprint density at radius 3 is 2.04 bits per heavy atom. The van der Waals surface area contributed by atoms with Gasteiger partial charge in [0.15, 0.2) is 0 Å². The normalized spacial score (nSPS) is 19.8. The van der Waals surface area contributed by atoms with Crippen LogP contribution in [-0.2, 0) is 34.6 Å². The third kappa shape index (κ3) is 5.30. The zero-order valence-electron chi connectivity index (χ0n) is 13.9. The van der Waals surface area contributed by atoms with Crippen LogP contribution in [0.1, 0.15) is 33.3 Å². The van der Waals surface area contributed by atoms with Gasteiger partial charge in [0.25, 0.3) is 0 Å². The minimum absolute atomic E-state index is 0.0980. The summed E-state index contributed by atoms with van der Waals surface area (Å²) in [6, 6.07) is 3.68. The van der Waals surface area contributed by atoms with Crippen LogP contribution in [0, 0.1) is 0 Å². The maximum atomic E-state index is 12.8. The Balaban J connectivity index is 2.47. The van der Waals surface area contributed by atoms with E-state index in [0.717, 1.165) is 6.07 Å². The molecule has 0 bridgehead atoms. The van der Waals surface area contributed by atoms with Gasteiger partial charge in [0.1, 0.15) is 5.75 Å². The summed E-state index contributed by atoms with van der Waals surface area (Å²) in [7, 11) is -4.91. The van der Waals surface area contributed by atoms with Gasteiger partial charge in [-0.15, -0.1) is 0 Å². The van der Waals surface area contributed by atoms with Gasteiger partial charge in [-0.1, -0.05) is 9.95 Å². The molecule has 0 atom stereocenters. The van der Waals surface area contributed by atoms with Crippen LogP contribution in [-0.4, -0.2) is 35.2 Å². The minimum Gasteiger partial charge on any atom is -0.399 e. The summed E-state index contributed by atoms with van der Waals surface area (Å²) >= 11 is 0. The Morgan fingerprint density at radius 1 is 1.08 bits per heavy atom. The van der Waals surface area contributed by atoms with Crippen molar-refractivity contribution in [2.75, 3.05) is 0 Å². The first-order chi connectivity index (χ1) is 11.1. The predicted molar refractivity (Wildman–Crippen MR) is 91.3 cm³/mol. The highest BCUT2D eigenvalue weighted by Crippen LogP contribution is 2.36. The Hall–Kier alpha value is -0.875. The summed E-state index contributed by atoms with van der Waals surface area (Å²) in [5.74, 6) is -1.02. The molecular formula is C13H17BClFO7S2. The van der Waals surface area contributed by atoms with Crippen molar-refractivity contribution in [3.63, 3.8) is 0 Å². The van der Waals surface area contributed by atoms with Gasteiger partial charge in [0, 0.05) is 10.7 Å². The van der Waals surface area contributed by atoms with E-state index in [-0.39, 0.29) is 11.0 Å². The lowest BCUT2D eigenvalue weighted by molar-refractivity contribution is 0.00578. The maximum Gasteiger partial charge on any atom is 0.494 e. The molecule has 1 fully saturated rings. The first-order valence-corrected chi connectivity index (χ1v) is 10.9. The van der Waals surface area contributed by atoms with E-state index in [2.05, 4.69) is 4.18 Å². The molecule has 0 amide bonds. The highest BCUT2D eigenvalue weighted by molar-refractivity contribution is 8.13. The van der Waals surface area contributed by atoms with Gasteiger partial charge in [-0.05, 0) is 50.9 Å². The van der Waals surface area contributed by atoms with Gasteiger partial charge in [-0.25, -0.2) is 8.42 Å². The summed E-state index contributed by atoms with van der Waals surface area (Å²) in [6.07, 6.45) is 0. The molecular weight excluding hydrogens is 398 g/mol. The maximum absolute atomic E-state index is 12.8. The molecule has 0 spiro atoms. The number of rotatable bonds is 5. The van der Waals surface area contributed by atoms with Crippen molar-refractivity contribution in [1.29, 1.82) is 0 Å². The third-order valence-corrected chi connectivity index (χ3v) is 5.45. The van der Waals surface area contributed by atoms with E-state index in [1.807, 2.05) is 27.7 Å². The van der Waals surface area contributed by atoms with Crippen molar-refractivity contribution >= 4 is 42.8 Å². The van der Waals surface area contributed by atoms with Crippen LogP contribution in [0.25, 0.3) is 0 Å². The molecule has 0 N–H and O–H groups in total. The molecule has 1 aromatic carbocycles. The topological polar surface area (TPSA) is 96.0 Å². The smallest absolute Gasteiger partial charge is 0.399 e. The van der Waals surface area contributed by atoms with E-state index in [1.165, 1.54) is 12.1 Å². The van der Waals surface area contributed by atoms with Gasteiger partial charge < -0.3 is 13.5 Å². The molecule has 0 radical (unpaired) electrons. The molecule has 0 saturated carbocycles. The SMILES string of the molecule is CC1(C)OB(c2cc(CS(=O)(=O)Cl)cc(OS(=O)(=O)F)c2)OC1(C)C. The van der Waals surface area contributed by atoms with Crippen LogP contribution < -0.4 is 9.65 Å². The zero-order chi connectivity index (χ0) is 19.3. The molecule has 25 heavy (non-hydrogen) atoms. The van der Waals surface area contributed by atoms with Crippen LogP contribution in [0.2, 0.25) is 0 Å². The molecule has 12 heteroatoms. The fourth-order valence-corrected chi connectivity index (χ4v) is 3.52. The second-order valence-electron chi connectivity index (χ2n) is 6.66. The first-order valence-electron chi connectivity index (χ1n) is 7.14. The zero-order valence-corrected chi connectivity index (χ0v) is 16.3. The van der Waals surface area contributed by atoms with Gasteiger partial charge in [0.05, 0.1) is 17.0 Å². The highest BCUT2D eigenvalue weighted by atomic mass is 35.7. The van der Waals surface area contributed by atoms with Gasteiger partial charge in [-0.3, -0.25) is 0 Å². The Morgan fingerprint density at radius 2 is 1.60 bits per heavy atom. The standard InChI is InChI=1S/C13H17BClFO7S2/c1-12(2)13(3,4)23-14(22-12)10-5-9(8-24(15,17)18)6-11(7-10)21-25(16,19)20/h5-7H,8H2,1-4H3. The summed E-state index contributed by atoms with van der Waals surface area (Å²) in [6.45, 7) is 7.24. The van der Waals surface area contributed by atoms with E-state index in [1.54, 1.807) is 0 Å². The van der Waals surface area contributed by atoms with Crippen molar-refractivity contribution in [3.05, 3.63) is 23.8 Å². The Kier molecular flexibility index (Phi) is 5.21. The van der Waals surface area contributed by atoms with E-state index in [4.69, 9.17) is 20.0 Å². The summed E-state index contributed by atoms with van der Waals surface area (Å²) in [4.78, 5) is 0. The fourth-order valence-electron chi connectivity index (χ4n) is 2.25. The Bertz CT molecular complexity index is 815. The van der Waals surface area contributed by atoms with E-state index in [9.17, 15) is 20.7 Å². The second kappa shape index (κ2) is 6.38. The molecule has 1 heterocycles. The monoisotopic (exact) mass is 414 g/mol.